The van der Waals surface area contributed by atoms with E-state index in [0.717, 1.165) is 0 Å². The number of urea groups is 1. The zero-order chi connectivity index (χ0) is 16.4. The summed E-state index contributed by atoms with van der Waals surface area (Å²) in [6.07, 6.45) is -0.129. The van der Waals surface area contributed by atoms with E-state index in [0.29, 0.717) is 19.7 Å². The van der Waals surface area contributed by atoms with E-state index in [4.69, 9.17) is 15.6 Å². The number of carbonyl (C=O) groups excluding carboxylic acids is 2. The lowest BCUT2D eigenvalue weighted by molar-refractivity contribution is -0.139. The Balaban J connectivity index is 4.64. The summed E-state index contributed by atoms with van der Waals surface area (Å²) in [7, 11) is 1.53. The van der Waals surface area contributed by atoms with Gasteiger partial charge in [0, 0.05) is 26.6 Å². The molecule has 0 bridgehead atoms. The van der Waals surface area contributed by atoms with Crippen LogP contribution in [0.5, 0.6) is 0 Å². The van der Waals surface area contributed by atoms with Crippen molar-refractivity contribution in [1.29, 1.82) is 0 Å². The number of nitrogens with two attached hydrogens (primary N) is 1. The van der Waals surface area contributed by atoms with Gasteiger partial charge >= 0.3 is 12.0 Å². The molecule has 0 saturated carbocycles. The first-order valence-corrected chi connectivity index (χ1v) is 6.83. The Morgan fingerprint density at radius 1 is 1.33 bits per heavy atom. The van der Waals surface area contributed by atoms with Crippen molar-refractivity contribution in [3.05, 3.63) is 0 Å². The van der Waals surface area contributed by atoms with Gasteiger partial charge in [-0.3, -0.25) is 4.79 Å². The van der Waals surface area contributed by atoms with Gasteiger partial charge in [0.05, 0.1) is 6.61 Å². The van der Waals surface area contributed by atoms with Gasteiger partial charge in [0.25, 0.3) is 0 Å². The molecule has 122 valence electrons. The van der Waals surface area contributed by atoms with Gasteiger partial charge in [-0.05, 0) is 12.3 Å². The first-order chi connectivity index (χ1) is 9.77. The van der Waals surface area contributed by atoms with Gasteiger partial charge in [0.2, 0.25) is 5.91 Å². The van der Waals surface area contributed by atoms with E-state index in [2.05, 4.69) is 5.32 Å². The lowest BCUT2D eigenvalue weighted by Gasteiger charge is -2.26. The topological polar surface area (TPSA) is 122 Å². The Hall–Kier alpha value is -1.83. The summed E-state index contributed by atoms with van der Waals surface area (Å²) in [6.45, 7) is 5.11. The minimum Gasteiger partial charge on any atom is -0.480 e. The van der Waals surface area contributed by atoms with Gasteiger partial charge < -0.3 is 25.8 Å². The van der Waals surface area contributed by atoms with Crippen molar-refractivity contribution < 1.29 is 24.2 Å². The predicted octanol–water partition coefficient (Wildman–Crippen LogP) is 0.0191. The zero-order valence-corrected chi connectivity index (χ0v) is 12.8. The molecule has 0 aromatic heterocycles. The summed E-state index contributed by atoms with van der Waals surface area (Å²) in [5.74, 6) is -1.56. The highest BCUT2D eigenvalue weighted by molar-refractivity contribution is 5.83. The van der Waals surface area contributed by atoms with Crippen LogP contribution in [0.15, 0.2) is 0 Å². The van der Waals surface area contributed by atoms with Crippen molar-refractivity contribution >= 4 is 17.9 Å². The van der Waals surface area contributed by atoms with E-state index in [9.17, 15) is 14.4 Å². The normalized spacial score (nSPS) is 12.0. The predicted molar refractivity (Wildman–Crippen MR) is 76.7 cm³/mol. The molecule has 0 heterocycles. The molecule has 0 rings (SSSR count). The molecule has 3 amide bonds. The Morgan fingerprint density at radius 2 is 1.95 bits per heavy atom. The first kappa shape index (κ1) is 19.2. The van der Waals surface area contributed by atoms with Crippen LogP contribution in [0.3, 0.4) is 0 Å². The number of ether oxygens (including phenoxy) is 1. The van der Waals surface area contributed by atoms with Gasteiger partial charge in [0.15, 0.2) is 0 Å². The smallest absolute Gasteiger partial charge is 0.326 e. The highest BCUT2D eigenvalue weighted by Crippen LogP contribution is 2.03. The van der Waals surface area contributed by atoms with Gasteiger partial charge in [-0.25, -0.2) is 9.59 Å². The van der Waals surface area contributed by atoms with E-state index in [1.807, 2.05) is 13.8 Å². The third kappa shape index (κ3) is 8.85. The maximum Gasteiger partial charge on any atom is 0.326 e. The number of aliphatic carboxylic acids is 1. The SMILES string of the molecule is COCCN(CC(C)C)C(=O)NC(CCC(N)=O)C(=O)O. The number of carboxylic acid groups (broad SMARTS) is 1. The molecule has 0 aromatic rings. The van der Waals surface area contributed by atoms with E-state index in [1.54, 1.807) is 0 Å². The number of amides is 3. The van der Waals surface area contributed by atoms with Crippen LogP contribution < -0.4 is 11.1 Å². The highest BCUT2D eigenvalue weighted by Gasteiger charge is 2.23. The molecule has 4 N–H and O–H groups in total. The summed E-state index contributed by atoms with van der Waals surface area (Å²) in [5.41, 5.74) is 4.99. The van der Waals surface area contributed by atoms with Crippen LogP contribution in [-0.2, 0) is 14.3 Å². The maximum absolute atomic E-state index is 12.1. The van der Waals surface area contributed by atoms with Crippen LogP contribution in [0.2, 0.25) is 0 Å². The fourth-order valence-corrected chi connectivity index (χ4v) is 1.70. The number of nitrogens with one attached hydrogen (secondary N) is 1. The fraction of sp³-hybridized carbons (Fsp3) is 0.769. The largest absolute Gasteiger partial charge is 0.480 e. The van der Waals surface area contributed by atoms with Crippen molar-refractivity contribution in [1.82, 2.24) is 10.2 Å². The maximum atomic E-state index is 12.1. The average molecular weight is 303 g/mol. The van der Waals surface area contributed by atoms with E-state index in [1.165, 1.54) is 12.0 Å². The minimum absolute atomic E-state index is 0.0315. The Bertz CT molecular complexity index is 360. The number of carbonyl (C=O) groups is 3. The van der Waals surface area contributed by atoms with Crippen LogP contribution in [-0.4, -0.2) is 60.8 Å². The molecule has 0 fully saturated rings. The second kappa shape index (κ2) is 9.98. The second-order valence-electron chi connectivity index (χ2n) is 5.18. The molecule has 0 aliphatic heterocycles. The number of primary amides is 1. The molecule has 8 heteroatoms. The first-order valence-electron chi connectivity index (χ1n) is 6.83. The average Bonchev–Trinajstić information content (AvgIpc) is 2.37. The van der Waals surface area contributed by atoms with Gasteiger partial charge in [-0.2, -0.15) is 0 Å². The van der Waals surface area contributed by atoms with Gasteiger partial charge in [0.1, 0.15) is 6.04 Å². The van der Waals surface area contributed by atoms with Gasteiger partial charge in [-0.15, -0.1) is 0 Å². The number of hydrogen-bond donors (Lipinski definition) is 3. The third-order valence-corrected chi connectivity index (χ3v) is 2.71. The van der Waals surface area contributed by atoms with Crippen molar-refractivity contribution in [2.75, 3.05) is 26.8 Å². The summed E-state index contributed by atoms with van der Waals surface area (Å²) in [6, 6.07) is -1.63. The molecule has 0 spiro atoms. The lowest BCUT2D eigenvalue weighted by Crippen LogP contribution is -2.50. The molecule has 0 saturated heterocycles. The summed E-state index contributed by atoms with van der Waals surface area (Å²) < 4.78 is 4.94. The number of nitrogens with zero attached hydrogens (tertiary/aromatic N) is 1. The molecule has 0 aliphatic carbocycles. The van der Waals surface area contributed by atoms with Crippen LogP contribution in [0.4, 0.5) is 4.79 Å². The number of hydrogen-bond acceptors (Lipinski definition) is 4. The number of rotatable bonds is 10. The molecule has 21 heavy (non-hydrogen) atoms. The Kier molecular flexibility index (Phi) is 9.11. The monoisotopic (exact) mass is 303 g/mol. The molecule has 0 aliphatic rings. The minimum atomic E-state index is -1.19. The van der Waals surface area contributed by atoms with Gasteiger partial charge in [-0.1, -0.05) is 13.8 Å². The quantitative estimate of drug-likeness (QED) is 0.525. The second-order valence-corrected chi connectivity index (χ2v) is 5.18. The molecular formula is C13H25N3O5. The van der Waals surface area contributed by atoms with Crippen molar-refractivity contribution in [2.45, 2.75) is 32.7 Å². The van der Waals surface area contributed by atoms with E-state index >= 15 is 0 Å². The number of carboxylic acids is 1. The van der Waals surface area contributed by atoms with E-state index in [-0.39, 0.29) is 18.8 Å². The van der Waals surface area contributed by atoms with Crippen LogP contribution in [0, 0.1) is 5.92 Å². The summed E-state index contributed by atoms with van der Waals surface area (Å²) >= 11 is 0. The third-order valence-electron chi connectivity index (χ3n) is 2.71. The molecule has 8 nitrogen and oxygen atoms in total. The Morgan fingerprint density at radius 3 is 2.38 bits per heavy atom. The van der Waals surface area contributed by atoms with Crippen LogP contribution in [0.25, 0.3) is 0 Å². The highest BCUT2D eigenvalue weighted by atomic mass is 16.5. The summed E-state index contributed by atoms with van der Waals surface area (Å²) in [4.78, 5) is 35.4. The van der Waals surface area contributed by atoms with Crippen molar-refractivity contribution in [3.8, 4) is 0 Å². The van der Waals surface area contributed by atoms with E-state index < -0.39 is 23.9 Å². The molecule has 1 unspecified atom stereocenters. The Labute approximate surface area is 124 Å². The lowest BCUT2D eigenvalue weighted by atomic mass is 10.1. The molecule has 0 radical (unpaired) electrons. The van der Waals surface area contributed by atoms with Crippen molar-refractivity contribution in [3.63, 3.8) is 0 Å². The van der Waals surface area contributed by atoms with Crippen LogP contribution in [0.1, 0.15) is 26.7 Å². The standard InChI is InChI=1S/C13H25N3O5/c1-9(2)8-16(6-7-21-3)13(20)15-10(12(18)19)4-5-11(14)17/h9-10H,4-8H2,1-3H3,(H2,14,17)(H,15,20)(H,18,19). The fourth-order valence-electron chi connectivity index (χ4n) is 1.70. The number of methoxy groups -OCH3 is 1. The zero-order valence-electron chi connectivity index (χ0n) is 12.8. The molecular weight excluding hydrogens is 278 g/mol. The molecule has 1 atom stereocenters. The summed E-state index contributed by atoms with van der Waals surface area (Å²) in [5, 5.41) is 11.5. The molecule has 0 aromatic carbocycles. The van der Waals surface area contributed by atoms with Crippen LogP contribution >= 0.6 is 0 Å². The van der Waals surface area contributed by atoms with Crippen molar-refractivity contribution in [2.24, 2.45) is 11.7 Å².